The number of nitrogens with zero attached hydrogens (tertiary/aromatic N) is 2. The van der Waals surface area contributed by atoms with Gasteiger partial charge >= 0.3 is 6.18 Å². The third-order valence-electron chi connectivity index (χ3n) is 3.00. The van der Waals surface area contributed by atoms with Gasteiger partial charge in [0.2, 0.25) is 10.1 Å². The van der Waals surface area contributed by atoms with E-state index in [2.05, 4.69) is 10.2 Å². The Hall–Kier alpha value is -2.66. The fraction of sp³-hybridized carbons (Fsp3) is 0.0667. The summed E-state index contributed by atoms with van der Waals surface area (Å²) in [7, 11) is -4.10. The number of anilines is 1. The minimum absolute atomic E-state index is 0.104. The SMILES string of the molecule is O=S(=O)(Nc1nnc(C(F)(F)F)s1)c1ccc(Oc2ccccc2)cc1. The van der Waals surface area contributed by atoms with Crippen LogP contribution in [0.5, 0.6) is 11.5 Å². The highest BCUT2D eigenvalue weighted by Crippen LogP contribution is 2.33. The van der Waals surface area contributed by atoms with E-state index in [0.717, 1.165) is 0 Å². The molecule has 26 heavy (non-hydrogen) atoms. The van der Waals surface area contributed by atoms with Gasteiger partial charge in [-0.15, -0.1) is 10.2 Å². The molecule has 0 amide bonds. The fourth-order valence-corrected chi connectivity index (χ4v) is 3.71. The van der Waals surface area contributed by atoms with E-state index in [4.69, 9.17) is 4.74 Å². The highest BCUT2D eigenvalue weighted by molar-refractivity contribution is 7.93. The fourth-order valence-electron chi connectivity index (χ4n) is 1.86. The molecule has 1 aromatic heterocycles. The van der Waals surface area contributed by atoms with E-state index in [1.54, 1.807) is 24.3 Å². The second-order valence-corrected chi connectivity index (χ2v) is 7.56. The average Bonchev–Trinajstić information content (AvgIpc) is 3.04. The van der Waals surface area contributed by atoms with Gasteiger partial charge in [-0.2, -0.15) is 13.2 Å². The van der Waals surface area contributed by atoms with Crippen molar-refractivity contribution in [1.29, 1.82) is 0 Å². The van der Waals surface area contributed by atoms with E-state index in [9.17, 15) is 21.6 Å². The molecule has 0 aliphatic rings. The highest BCUT2D eigenvalue weighted by Gasteiger charge is 2.36. The highest BCUT2D eigenvalue weighted by atomic mass is 32.2. The van der Waals surface area contributed by atoms with Crippen LogP contribution in [0.4, 0.5) is 18.3 Å². The number of hydrogen-bond acceptors (Lipinski definition) is 6. The molecule has 136 valence electrons. The summed E-state index contributed by atoms with van der Waals surface area (Å²) in [4.78, 5) is -0.151. The van der Waals surface area contributed by atoms with Crippen LogP contribution in [0.15, 0.2) is 59.5 Å². The van der Waals surface area contributed by atoms with Crippen LogP contribution in [0.3, 0.4) is 0 Å². The molecule has 0 saturated carbocycles. The summed E-state index contributed by atoms with van der Waals surface area (Å²) in [6.45, 7) is 0. The van der Waals surface area contributed by atoms with E-state index >= 15 is 0 Å². The molecule has 0 unspecified atom stereocenters. The van der Waals surface area contributed by atoms with Crippen molar-refractivity contribution in [1.82, 2.24) is 10.2 Å². The molecule has 11 heteroatoms. The summed E-state index contributed by atoms with van der Waals surface area (Å²) >= 11 is 0.104. The van der Waals surface area contributed by atoms with E-state index < -0.39 is 26.3 Å². The maximum Gasteiger partial charge on any atom is 0.445 e. The van der Waals surface area contributed by atoms with Crippen LogP contribution < -0.4 is 9.46 Å². The largest absolute Gasteiger partial charge is 0.457 e. The van der Waals surface area contributed by atoms with Gasteiger partial charge in [0.15, 0.2) is 0 Å². The number of alkyl halides is 3. The molecule has 0 spiro atoms. The van der Waals surface area contributed by atoms with Crippen molar-refractivity contribution >= 4 is 26.5 Å². The molecular formula is C15H10F3N3O3S2. The molecule has 1 N–H and O–H groups in total. The van der Waals surface area contributed by atoms with Crippen LogP contribution in [-0.4, -0.2) is 18.6 Å². The van der Waals surface area contributed by atoms with Crippen LogP contribution >= 0.6 is 11.3 Å². The van der Waals surface area contributed by atoms with E-state index in [1.165, 1.54) is 24.3 Å². The molecule has 0 aliphatic carbocycles. The molecule has 0 saturated heterocycles. The standard InChI is InChI=1S/C15H10F3N3O3S2/c16-15(17,18)13-19-20-14(25-13)21-26(22,23)12-8-6-11(7-9-12)24-10-4-2-1-3-5-10/h1-9H,(H,20,21). The number of ether oxygens (including phenoxy) is 1. The van der Waals surface area contributed by atoms with Crippen molar-refractivity contribution in [3.05, 3.63) is 59.6 Å². The first-order valence-corrected chi connectivity index (χ1v) is 9.30. The predicted molar refractivity (Wildman–Crippen MR) is 88.7 cm³/mol. The zero-order valence-corrected chi connectivity index (χ0v) is 14.4. The maximum absolute atomic E-state index is 12.5. The van der Waals surface area contributed by atoms with Crippen LogP contribution in [0.2, 0.25) is 0 Å². The zero-order chi connectivity index (χ0) is 18.8. The summed E-state index contributed by atoms with van der Waals surface area (Å²) in [5, 5.41) is 4.42. The third-order valence-corrected chi connectivity index (χ3v) is 5.37. The quantitative estimate of drug-likeness (QED) is 0.695. The van der Waals surface area contributed by atoms with Crippen molar-refractivity contribution < 1.29 is 26.3 Å². The van der Waals surface area contributed by atoms with Crippen LogP contribution in [0.25, 0.3) is 0 Å². The molecule has 3 rings (SSSR count). The van der Waals surface area contributed by atoms with Crippen LogP contribution in [-0.2, 0) is 16.2 Å². The molecule has 6 nitrogen and oxygen atoms in total. The number of rotatable bonds is 5. The molecular weight excluding hydrogens is 391 g/mol. The maximum atomic E-state index is 12.5. The molecule has 1 heterocycles. The van der Waals surface area contributed by atoms with Gasteiger partial charge in [0.05, 0.1) is 4.90 Å². The number of halogens is 3. The van der Waals surface area contributed by atoms with Gasteiger partial charge in [-0.1, -0.05) is 29.5 Å². The summed E-state index contributed by atoms with van der Waals surface area (Å²) in [6.07, 6.45) is -4.68. The molecule has 0 bridgehead atoms. The lowest BCUT2D eigenvalue weighted by molar-refractivity contribution is -0.138. The minimum atomic E-state index is -4.68. The Balaban J connectivity index is 1.74. The van der Waals surface area contributed by atoms with Crippen LogP contribution in [0.1, 0.15) is 5.01 Å². The van der Waals surface area contributed by atoms with Crippen molar-refractivity contribution in [3.63, 3.8) is 0 Å². The predicted octanol–water partition coefficient (Wildman–Crippen LogP) is 4.15. The van der Waals surface area contributed by atoms with Gasteiger partial charge in [-0.25, -0.2) is 8.42 Å². The lowest BCUT2D eigenvalue weighted by atomic mass is 10.3. The van der Waals surface area contributed by atoms with Crippen molar-refractivity contribution in [2.45, 2.75) is 11.1 Å². The molecule has 3 aromatic rings. The monoisotopic (exact) mass is 401 g/mol. The number of hydrogen-bond donors (Lipinski definition) is 1. The summed E-state index contributed by atoms with van der Waals surface area (Å²) in [5.41, 5.74) is 0. The Bertz CT molecular complexity index is 988. The second-order valence-electron chi connectivity index (χ2n) is 4.90. The smallest absolute Gasteiger partial charge is 0.445 e. The normalized spacial score (nSPS) is 12.0. The number of benzene rings is 2. The Morgan fingerprint density at radius 3 is 2.12 bits per heavy atom. The first-order valence-electron chi connectivity index (χ1n) is 7.00. The Morgan fingerprint density at radius 1 is 0.923 bits per heavy atom. The zero-order valence-electron chi connectivity index (χ0n) is 12.8. The first-order chi connectivity index (χ1) is 12.2. The Morgan fingerprint density at radius 2 is 1.54 bits per heavy atom. The molecule has 0 radical (unpaired) electrons. The van der Waals surface area contributed by atoms with Gasteiger partial charge in [0.1, 0.15) is 11.5 Å². The van der Waals surface area contributed by atoms with Gasteiger partial charge in [0, 0.05) is 0 Å². The van der Waals surface area contributed by atoms with Crippen molar-refractivity contribution in [3.8, 4) is 11.5 Å². The lowest BCUT2D eigenvalue weighted by Gasteiger charge is -2.07. The van der Waals surface area contributed by atoms with Gasteiger partial charge in [0.25, 0.3) is 10.0 Å². The number of aromatic nitrogens is 2. The molecule has 0 fully saturated rings. The first kappa shape index (κ1) is 18.1. The summed E-state index contributed by atoms with van der Waals surface area (Å²) in [6, 6.07) is 14.3. The van der Waals surface area contributed by atoms with Crippen molar-refractivity contribution in [2.24, 2.45) is 0 Å². The Labute approximate surface area is 150 Å². The number of sulfonamides is 1. The minimum Gasteiger partial charge on any atom is -0.457 e. The number of nitrogens with one attached hydrogen (secondary N) is 1. The van der Waals surface area contributed by atoms with Crippen molar-refractivity contribution in [2.75, 3.05) is 4.72 Å². The van der Waals surface area contributed by atoms with E-state index in [-0.39, 0.29) is 16.2 Å². The Kier molecular flexibility index (Phi) is 4.83. The molecule has 0 atom stereocenters. The number of para-hydroxylation sites is 1. The van der Waals surface area contributed by atoms with Crippen LogP contribution in [0, 0.1) is 0 Å². The average molecular weight is 401 g/mol. The third kappa shape index (κ3) is 4.29. The van der Waals surface area contributed by atoms with Gasteiger partial charge in [-0.3, -0.25) is 4.72 Å². The van der Waals surface area contributed by atoms with Gasteiger partial charge < -0.3 is 4.74 Å². The molecule has 0 aliphatic heterocycles. The van der Waals surface area contributed by atoms with E-state index in [0.29, 0.717) is 11.5 Å². The van der Waals surface area contributed by atoms with Gasteiger partial charge in [-0.05, 0) is 36.4 Å². The lowest BCUT2D eigenvalue weighted by Crippen LogP contribution is -2.12. The molecule has 2 aromatic carbocycles. The second kappa shape index (κ2) is 6.92. The summed E-state index contributed by atoms with van der Waals surface area (Å²) in [5.74, 6) is 0.986. The summed E-state index contributed by atoms with van der Waals surface area (Å²) < 4.78 is 69.5. The van der Waals surface area contributed by atoms with E-state index in [1.807, 2.05) is 10.8 Å². The topological polar surface area (TPSA) is 81.2 Å².